The van der Waals surface area contributed by atoms with Crippen LogP contribution in [0.4, 0.5) is 0 Å². The van der Waals surface area contributed by atoms with Gasteiger partial charge in [-0.25, -0.2) is 4.98 Å². The molecular weight excluding hydrogens is 276 g/mol. The van der Waals surface area contributed by atoms with Crippen LogP contribution in [0.3, 0.4) is 0 Å². The third kappa shape index (κ3) is 3.19. The van der Waals surface area contributed by atoms with Crippen LogP contribution in [-0.2, 0) is 17.8 Å². The number of carbonyl (C=O) groups excluding carboxylic acids is 1. The van der Waals surface area contributed by atoms with Crippen LogP contribution in [-0.4, -0.2) is 45.0 Å². The fourth-order valence-corrected chi connectivity index (χ4v) is 3.86. The van der Waals surface area contributed by atoms with Crippen molar-refractivity contribution in [3.05, 3.63) is 17.7 Å². The molecular formula is C17H28N4O. The molecule has 0 aliphatic carbocycles. The molecule has 122 valence electrons. The molecule has 0 radical (unpaired) electrons. The second-order valence-corrected chi connectivity index (χ2v) is 7.04. The van der Waals surface area contributed by atoms with Gasteiger partial charge in [-0.2, -0.15) is 0 Å². The van der Waals surface area contributed by atoms with E-state index in [0.29, 0.717) is 6.04 Å². The molecule has 3 rings (SSSR count). The van der Waals surface area contributed by atoms with Gasteiger partial charge in [0, 0.05) is 31.2 Å². The molecule has 0 spiro atoms. The van der Waals surface area contributed by atoms with Gasteiger partial charge in [0.2, 0.25) is 5.91 Å². The first-order valence-electron chi connectivity index (χ1n) is 8.63. The quantitative estimate of drug-likeness (QED) is 0.928. The van der Waals surface area contributed by atoms with Crippen molar-refractivity contribution in [2.45, 2.75) is 77.5 Å². The van der Waals surface area contributed by atoms with Gasteiger partial charge in [-0.05, 0) is 46.6 Å². The number of nitrogens with one attached hydrogen (secondary N) is 1. The van der Waals surface area contributed by atoms with E-state index >= 15 is 0 Å². The van der Waals surface area contributed by atoms with E-state index in [2.05, 4.69) is 39.8 Å². The number of hydrogen-bond acceptors (Lipinski definition) is 3. The molecule has 2 unspecified atom stereocenters. The van der Waals surface area contributed by atoms with E-state index in [0.717, 1.165) is 50.3 Å². The first-order chi connectivity index (χ1) is 10.5. The van der Waals surface area contributed by atoms with Crippen LogP contribution < -0.4 is 5.32 Å². The smallest absolute Gasteiger partial charge is 0.237 e. The summed E-state index contributed by atoms with van der Waals surface area (Å²) >= 11 is 0. The zero-order chi connectivity index (χ0) is 15.7. The fraction of sp³-hybridized carbons (Fsp3) is 0.765. The van der Waals surface area contributed by atoms with Crippen molar-refractivity contribution in [3.63, 3.8) is 0 Å². The number of rotatable bonds is 3. The Labute approximate surface area is 133 Å². The van der Waals surface area contributed by atoms with Crippen molar-refractivity contribution in [2.75, 3.05) is 6.54 Å². The van der Waals surface area contributed by atoms with Gasteiger partial charge < -0.3 is 9.88 Å². The van der Waals surface area contributed by atoms with Gasteiger partial charge in [0.05, 0.1) is 11.7 Å². The predicted molar refractivity (Wildman–Crippen MR) is 86.7 cm³/mol. The summed E-state index contributed by atoms with van der Waals surface area (Å²) in [7, 11) is 0. The van der Waals surface area contributed by atoms with E-state index in [1.165, 1.54) is 6.42 Å². The lowest BCUT2D eigenvalue weighted by Gasteiger charge is -2.38. The maximum Gasteiger partial charge on any atom is 0.237 e. The molecule has 1 N–H and O–H groups in total. The first kappa shape index (κ1) is 15.5. The average Bonchev–Trinajstić information content (AvgIpc) is 2.86. The molecule has 5 heteroatoms. The Kier molecular flexibility index (Phi) is 4.52. The van der Waals surface area contributed by atoms with Crippen LogP contribution in [0.25, 0.3) is 0 Å². The molecule has 1 fully saturated rings. The summed E-state index contributed by atoms with van der Waals surface area (Å²) in [4.78, 5) is 19.6. The minimum Gasteiger partial charge on any atom is -0.350 e. The van der Waals surface area contributed by atoms with Crippen molar-refractivity contribution in [1.29, 1.82) is 0 Å². The van der Waals surface area contributed by atoms with Crippen molar-refractivity contribution in [2.24, 2.45) is 0 Å². The lowest BCUT2D eigenvalue weighted by Crippen LogP contribution is -2.54. The summed E-state index contributed by atoms with van der Waals surface area (Å²) in [5, 5.41) is 3.29. The zero-order valence-electron chi connectivity index (χ0n) is 14.0. The second kappa shape index (κ2) is 6.41. The maximum atomic E-state index is 12.7. The highest BCUT2D eigenvalue weighted by molar-refractivity contribution is 5.82. The molecule has 5 nitrogen and oxygen atoms in total. The lowest BCUT2D eigenvalue weighted by atomic mass is 9.98. The van der Waals surface area contributed by atoms with E-state index in [4.69, 9.17) is 0 Å². The molecule has 3 heterocycles. The number of aryl methyl sites for hydroxylation is 2. The Bertz CT molecular complexity index is 537. The largest absolute Gasteiger partial charge is 0.350 e. The highest BCUT2D eigenvalue weighted by atomic mass is 16.2. The van der Waals surface area contributed by atoms with E-state index in [1.54, 1.807) is 0 Å². The van der Waals surface area contributed by atoms with Crippen LogP contribution >= 0.6 is 0 Å². The van der Waals surface area contributed by atoms with Crippen LogP contribution in [0.1, 0.15) is 51.0 Å². The number of nitrogens with zero attached hydrogens (tertiary/aromatic N) is 3. The van der Waals surface area contributed by atoms with Crippen LogP contribution in [0.5, 0.6) is 0 Å². The van der Waals surface area contributed by atoms with Gasteiger partial charge in [0.25, 0.3) is 0 Å². The minimum atomic E-state index is 0.0553. The van der Waals surface area contributed by atoms with Gasteiger partial charge >= 0.3 is 0 Å². The first-order valence-corrected chi connectivity index (χ1v) is 8.63. The highest BCUT2D eigenvalue weighted by Crippen LogP contribution is 2.21. The molecule has 2 atom stereocenters. The summed E-state index contributed by atoms with van der Waals surface area (Å²) in [6.45, 7) is 8.31. The lowest BCUT2D eigenvalue weighted by molar-refractivity contribution is -0.129. The molecule has 1 amide bonds. The van der Waals surface area contributed by atoms with E-state index in [1.807, 2.05) is 6.92 Å². The molecule has 0 aromatic carbocycles. The van der Waals surface area contributed by atoms with Gasteiger partial charge in [-0.3, -0.25) is 9.69 Å². The van der Waals surface area contributed by atoms with Crippen LogP contribution in [0, 0.1) is 6.92 Å². The predicted octanol–water partition coefficient (Wildman–Crippen LogP) is 1.89. The number of fused-ring (bicyclic) bond motifs is 1. The maximum absolute atomic E-state index is 12.7. The molecule has 1 aromatic heterocycles. The number of hydrogen-bond donors (Lipinski definition) is 1. The monoisotopic (exact) mass is 304 g/mol. The van der Waals surface area contributed by atoms with Crippen molar-refractivity contribution >= 4 is 5.91 Å². The van der Waals surface area contributed by atoms with E-state index < -0.39 is 0 Å². The Balaban J connectivity index is 1.62. The summed E-state index contributed by atoms with van der Waals surface area (Å²) in [5.74, 6) is 1.38. The molecule has 0 saturated carbocycles. The third-order valence-electron chi connectivity index (χ3n) is 4.97. The molecule has 1 saturated heterocycles. The summed E-state index contributed by atoms with van der Waals surface area (Å²) in [6.07, 6.45) is 7.41. The molecule has 2 aliphatic rings. The standard InChI is InChI=1S/C17H28N4O/c1-12(2)21-9-5-4-6-15(21)17(22)19-14-7-8-16-18-13(3)10-20(16)11-14/h10,12,14-15H,4-9,11H2,1-3H3,(H,19,22). The van der Waals surface area contributed by atoms with E-state index in [-0.39, 0.29) is 18.0 Å². The van der Waals surface area contributed by atoms with Gasteiger partial charge in [-0.1, -0.05) is 6.42 Å². The van der Waals surface area contributed by atoms with E-state index in [9.17, 15) is 4.79 Å². The minimum absolute atomic E-state index is 0.0553. The summed E-state index contributed by atoms with van der Waals surface area (Å²) in [6, 6.07) is 0.731. The van der Waals surface area contributed by atoms with Crippen molar-refractivity contribution in [1.82, 2.24) is 19.8 Å². The summed E-state index contributed by atoms with van der Waals surface area (Å²) in [5.41, 5.74) is 1.07. The SMILES string of the molecule is Cc1cn2c(n1)CCC(NC(=O)C1CCCCN1C(C)C)C2. The normalized spacial score (nSPS) is 26.0. The van der Waals surface area contributed by atoms with Crippen molar-refractivity contribution < 1.29 is 4.79 Å². The fourth-order valence-electron chi connectivity index (χ4n) is 3.86. The molecule has 22 heavy (non-hydrogen) atoms. The van der Waals surface area contributed by atoms with Gasteiger partial charge in [-0.15, -0.1) is 0 Å². The van der Waals surface area contributed by atoms with Gasteiger partial charge in [0.1, 0.15) is 5.82 Å². The molecule has 0 bridgehead atoms. The number of likely N-dealkylation sites (tertiary alicyclic amines) is 1. The topological polar surface area (TPSA) is 50.2 Å². The molecule has 2 aliphatic heterocycles. The number of imidazole rings is 1. The van der Waals surface area contributed by atoms with Crippen LogP contribution in [0.15, 0.2) is 6.20 Å². The Morgan fingerprint density at radius 3 is 2.95 bits per heavy atom. The zero-order valence-corrected chi connectivity index (χ0v) is 14.0. The van der Waals surface area contributed by atoms with Gasteiger partial charge in [0.15, 0.2) is 0 Å². The number of aromatic nitrogens is 2. The molecule has 1 aromatic rings. The van der Waals surface area contributed by atoms with Crippen LogP contribution in [0.2, 0.25) is 0 Å². The third-order valence-corrected chi connectivity index (χ3v) is 4.97. The van der Waals surface area contributed by atoms with Crippen molar-refractivity contribution in [3.8, 4) is 0 Å². The average molecular weight is 304 g/mol. The number of amides is 1. The Morgan fingerprint density at radius 2 is 2.18 bits per heavy atom. The second-order valence-electron chi connectivity index (χ2n) is 7.04. The summed E-state index contributed by atoms with van der Waals surface area (Å²) < 4.78 is 2.20. The highest BCUT2D eigenvalue weighted by Gasteiger charge is 2.32. The number of carbonyl (C=O) groups is 1. The Hall–Kier alpha value is -1.36. The number of piperidine rings is 1. The Morgan fingerprint density at radius 1 is 1.36 bits per heavy atom.